The second kappa shape index (κ2) is 8.89. The number of amides is 1. The van der Waals surface area contributed by atoms with Crippen LogP contribution in [0.4, 0.5) is 0 Å². The highest BCUT2D eigenvalue weighted by Crippen LogP contribution is 2.27. The molecule has 1 aromatic heterocycles. The Kier molecular flexibility index (Phi) is 5.85. The van der Waals surface area contributed by atoms with Crippen LogP contribution >= 0.6 is 0 Å². The molecule has 0 aliphatic heterocycles. The van der Waals surface area contributed by atoms with Crippen LogP contribution in [0.25, 0.3) is 22.2 Å². The third kappa shape index (κ3) is 4.44. The first kappa shape index (κ1) is 21.1. The molecule has 0 aliphatic carbocycles. The Hall–Kier alpha value is -4.19. The Bertz CT molecular complexity index is 1330. The summed E-state index contributed by atoms with van der Waals surface area (Å²) in [5, 5.41) is 23.8. The molecule has 32 heavy (non-hydrogen) atoms. The monoisotopic (exact) mass is 425 g/mol. The van der Waals surface area contributed by atoms with Crippen molar-refractivity contribution in [2.75, 3.05) is 0 Å². The molecule has 4 aromatic rings. The van der Waals surface area contributed by atoms with E-state index < -0.39 is 0 Å². The Morgan fingerprint density at radius 2 is 1.78 bits per heavy atom. The highest BCUT2D eigenvalue weighted by molar-refractivity contribution is 6.07. The molecule has 0 atom stereocenters. The fraction of sp³-hybridized carbons (Fsp3) is 0.115. The maximum absolute atomic E-state index is 13.0. The quantitative estimate of drug-likeness (QED) is 0.240. The zero-order valence-electron chi connectivity index (χ0n) is 17.8. The Morgan fingerprint density at radius 3 is 2.50 bits per heavy atom. The Labute approximate surface area is 185 Å². The van der Waals surface area contributed by atoms with E-state index in [-0.39, 0.29) is 17.4 Å². The Balaban J connectivity index is 1.68. The molecule has 0 spiro atoms. The SMILES string of the molecule is CCc1ccc(-c2cc(C(=O)N/N=C\c3ccc(O)c(O)c3)c3cc(C)ccc3n2)cc1. The molecule has 4 rings (SSSR count). The van der Waals surface area contributed by atoms with E-state index in [2.05, 4.69) is 29.6 Å². The third-order valence-electron chi connectivity index (χ3n) is 5.25. The fourth-order valence-corrected chi connectivity index (χ4v) is 3.43. The number of phenols is 2. The minimum Gasteiger partial charge on any atom is -0.504 e. The molecule has 0 saturated heterocycles. The van der Waals surface area contributed by atoms with Crippen LogP contribution in [-0.4, -0.2) is 27.3 Å². The van der Waals surface area contributed by atoms with Crippen LogP contribution in [0.3, 0.4) is 0 Å². The molecule has 1 heterocycles. The van der Waals surface area contributed by atoms with Gasteiger partial charge in [-0.25, -0.2) is 10.4 Å². The first-order valence-corrected chi connectivity index (χ1v) is 10.3. The summed E-state index contributed by atoms with van der Waals surface area (Å²) in [6, 6.07) is 20.0. The van der Waals surface area contributed by atoms with Gasteiger partial charge in [0.2, 0.25) is 0 Å². The van der Waals surface area contributed by atoms with Gasteiger partial charge in [0, 0.05) is 10.9 Å². The van der Waals surface area contributed by atoms with Crippen molar-refractivity contribution < 1.29 is 15.0 Å². The summed E-state index contributed by atoms with van der Waals surface area (Å²) in [6.07, 6.45) is 2.35. The molecule has 3 N–H and O–H groups in total. The minimum atomic E-state index is -0.367. The van der Waals surface area contributed by atoms with E-state index in [1.54, 1.807) is 12.1 Å². The second-order valence-electron chi connectivity index (χ2n) is 7.57. The lowest BCUT2D eigenvalue weighted by Crippen LogP contribution is -2.18. The van der Waals surface area contributed by atoms with Gasteiger partial charge in [0.25, 0.3) is 5.91 Å². The summed E-state index contributed by atoms with van der Waals surface area (Å²) in [4.78, 5) is 17.8. The van der Waals surface area contributed by atoms with Gasteiger partial charge >= 0.3 is 0 Å². The zero-order valence-corrected chi connectivity index (χ0v) is 17.8. The molecule has 0 saturated carbocycles. The van der Waals surface area contributed by atoms with Gasteiger partial charge in [-0.3, -0.25) is 4.79 Å². The molecule has 1 amide bonds. The number of hydrazone groups is 1. The average Bonchev–Trinajstić information content (AvgIpc) is 2.80. The number of aromatic nitrogens is 1. The first-order chi connectivity index (χ1) is 15.4. The number of fused-ring (bicyclic) bond motifs is 1. The number of carbonyl (C=O) groups excluding carboxylic acids is 1. The lowest BCUT2D eigenvalue weighted by molar-refractivity contribution is 0.0956. The normalized spacial score (nSPS) is 11.2. The number of phenolic OH excluding ortho intramolecular Hbond substituents is 2. The minimum absolute atomic E-state index is 0.218. The number of benzene rings is 3. The van der Waals surface area contributed by atoms with Gasteiger partial charge in [0.15, 0.2) is 11.5 Å². The number of carbonyl (C=O) groups is 1. The lowest BCUT2D eigenvalue weighted by Gasteiger charge is -2.10. The van der Waals surface area contributed by atoms with Crippen molar-refractivity contribution >= 4 is 23.0 Å². The smallest absolute Gasteiger partial charge is 0.272 e. The van der Waals surface area contributed by atoms with Crippen LogP contribution in [0.2, 0.25) is 0 Å². The highest BCUT2D eigenvalue weighted by Gasteiger charge is 2.14. The van der Waals surface area contributed by atoms with Crippen LogP contribution in [0, 0.1) is 6.92 Å². The van der Waals surface area contributed by atoms with E-state index in [0.717, 1.165) is 28.5 Å². The molecule has 0 radical (unpaired) electrons. The summed E-state index contributed by atoms with van der Waals surface area (Å²) in [5.41, 5.74) is 8.18. The molecular weight excluding hydrogens is 402 g/mol. The van der Waals surface area contributed by atoms with Crippen LogP contribution in [-0.2, 0) is 6.42 Å². The van der Waals surface area contributed by atoms with E-state index in [1.165, 1.54) is 23.9 Å². The van der Waals surface area contributed by atoms with Crippen molar-refractivity contribution in [1.82, 2.24) is 10.4 Å². The summed E-state index contributed by atoms with van der Waals surface area (Å²) in [7, 11) is 0. The lowest BCUT2D eigenvalue weighted by atomic mass is 10.0. The van der Waals surface area contributed by atoms with E-state index >= 15 is 0 Å². The van der Waals surface area contributed by atoms with Gasteiger partial charge in [0.1, 0.15) is 0 Å². The summed E-state index contributed by atoms with van der Waals surface area (Å²) >= 11 is 0. The molecule has 0 aliphatic rings. The van der Waals surface area contributed by atoms with Crippen LogP contribution in [0.5, 0.6) is 11.5 Å². The molecule has 3 aromatic carbocycles. The van der Waals surface area contributed by atoms with Crippen molar-refractivity contribution in [3.63, 3.8) is 0 Å². The van der Waals surface area contributed by atoms with Crippen LogP contribution in [0.1, 0.15) is 34.0 Å². The van der Waals surface area contributed by atoms with Crippen molar-refractivity contribution in [3.8, 4) is 22.8 Å². The van der Waals surface area contributed by atoms with Crippen molar-refractivity contribution in [3.05, 3.63) is 89.0 Å². The third-order valence-corrected chi connectivity index (χ3v) is 5.25. The second-order valence-corrected chi connectivity index (χ2v) is 7.57. The number of pyridine rings is 1. The zero-order chi connectivity index (χ0) is 22.7. The van der Waals surface area contributed by atoms with E-state index in [1.807, 2.05) is 37.3 Å². The van der Waals surface area contributed by atoms with Gasteiger partial charge in [-0.05, 0) is 60.9 Å². The van der Waals surface area contributed by atoms with Gasteiger partial charge in [-0.2, -0.15) is 5.10 Å². The summed E-state index contributed by atoms with van der Waals surface area (Å²) < 4.78 is 0. The summed E-state index contributed by atoms with van der Waals surface area (Å²) in [5.74, 6) is -0.840. The molecule has 0 unspecified atom stereocenters. The maximum atomic E-state index is 13.0. The molecule has 0 bridgehead atoms. The average molecular weight is 425 g/mol. The molecule has 6 nitrogen and oxygen atoms in total. The van der Waals surface area contributed by atoms with E-state index in [9.17, 15) is 15.0 Å². The van der Waals surface area contributed by atoms with Gasteiger partial charge in [-0.15, -0.1) is 0 Å². The number of hydrogen-bond donors (Lipinski definition) is 3. The number of nitrogens with zero attached hydrogens (tertiary/aromatic N) is 2. The highest BCUT2D eigenvalue weighted by atomic mass is 16.3. The number of hydrogen-bond acceptors (Lipinski definition) is 5. The van der Waals surface area contributed by atoms with Gasteiger partial charge in [0.05, 0.1) is 23.0 Å². The molecule has 6 heteroatoms. The predicted octanol–water partition coefficient (Wildman–Crippen LogP) is 4.95. The van der Waals surface area contributed by atoms with E-state index in [4.69, 9.17) is 4.98 Å². The van der Waals surface area contributed by atoms with Crippen LogP contribution < -0.4 is 5.43 Å². The van der Waals surface area contributed by atoms with Gasteiger partial charge < -0.3 is 10.2 Å². The molecular formula is C26H23N3O3. The van der Waals surface area contributed by atoms with Crippen molar-refractivity contribution in [2.45, 2.75) is 20.3 Å². The van der Waals surface area contributed by atoms with Crippen LogP contribution in [0.15, 0.2) is 71.8 Å². The largest absolute Gasteiger partial charge is 0.504 e. The Morgan fingerprint density at radius 1 is 1.00 bits per heavy atom. The number of nitrogens with one attached hydrogen (secondary N) is 1. The standard InChI is InChI=1S/C26H23N3O3/c1-3-17-5-8-19(9-6-17)23-14-21(20-12-16(2)4-10-22(20)28-23)26(32)29-27-15-18-7-11-24(30)25(31)13-18/h4-15,30-31H,3H2,1-2H3,(H,29,32)/b27-15-. The van der Waals surface area contributed by atoms with Crippen molar-refractivity contribution in [1.29, 1.82) is 0 Å². The molecule has 160 valence electrons. The molecule has 0 fully saturated rings. The summed E-state index contributed by atoms with van der Waals surface area (Å²) in [6.45, 7) is 4.07. The van der Waals surface area contributed by atoms with E-state index in [0.29, 0.717) is 16.8 Å². The number of aromatic hydroxyl groups is 2. The van der Waals surface area contributed by atoms with Crippen molar-refractivity contribution in [2.24, 2.45) is 5.10 Å². The maximum Gasteiger partial charge on any atom is 0.272 e. The number of rotatable bonds is 5. The first-order valence-electron chi connectivity index (χ1n) is 10.3. The number of aryl methyl sites for hydroxylation is 2. The predicted molar refractivity (Wildman–Crippen MR) is 126 cm³/mol. The van der Waals surface area contributed by atoms with Gasteiger partial charge in [-0.1, -0.05) is 42.8 Å². The fourth-order valence-electron chi connectivity index (χ4n) is 3.43. The topological polar surface area (TPSA) is 94.8 Å².